The number of nitrogens with one attached hydrogen (secondary N) is 2. The van der Waals surface area contributed by atoms with Crippen LogP contribution in [0.15, 0.2) is 23.4 Å². The van der Waals surface area contributed by atoms with Crippen molar-refractivity contribution in [3.63, 3.8) is 0 Å². The molecule has 2 aromatic rings. The minimum absolute atomic E-state index is 0.0395. The summed E-state index contributed by atoms with van der Waals surface area (Å²) < 4.78 is 78.5. The minimum atomic E-state index is -4.84. The van der Waals surface area contributed by atoms with Crippen LogP contribution in [0.2, 0.25) is 0 Å². The summed E-state index contributed by atoms with van der Waals surface area (Å²) in [7, 11) is -3.20. The van der Waals surface area contributed by atoms with E-state index in [4.69, 9.17) is 4.78 Å². The molecule has 7 nitrogen and oxygen atoms in total. The molecular formula is C22H25F4N5O2S. The molecule has 0 bridgehead atoms. The number of pyridine rings is 1. The second-order valence-electron chi connectivity index (χ2n) is 10.1. The standard InChI is InChI=1S/C22H25F4N5O2S/c1-34(27,33)15-9-14(5-8-28-15)29-19(32)18-16(22(24,25)26)17(13-3-4-13)30-31(18)12-21(23)10-20(11-21)6-2-7-20/h5,8-9,13,27H,2-4,6-7,10-12H2,1H3,(H,28,29,32)/t34-/m0/s1. The largest absolute Gasteiger partial charge is 0.420 e. The number of carbonyl (C=O) groups is 1. The van der Waals surface area contributed by atoms with Crippen molar-refractivity contribution < 1.29 is 26.6 Å². The Hall–Kier alpha value is -2.50. The molecule has 3 aliphatic rings. The molecule has 12 heteroatoms. The van der Waals surface area contributed by atoms with E-state index in [-0.39, 0.29) is 34.7 Å². The van der Waals surface area contributed by atoms with E-state index in [0.717, 1.165) is 30.2 Å². The topological polar surface area (TPSA) is 101 Å². The van der Waals surface area contributed by atoms with Crippen molar-refractivity contribution >= 4 is 21.3 Å². The van der Waals surface area contributed by atoms with Gasteiger partial charge in [0.25, 0.3) is 5.91 Å². The van der Waals surface area contributed by atoms with Crippen LogP contribution in [0, 0.1) is 10.2 Å². The van der Waals surface area contributed by atoms with Crippen LogP contribution in [0.3, 0.4) is 0 Å². The third kappa shape index (κ3) is 4.20. The maximum Gasteiger partial charge on any atom is 0.420 e. The van der Waals surface area contributed by atoms with Gasteiger partial charge in [-0.1, -0.05) is 6.42 Å². The fraction of sp³-hybridized carbons (Fsp3) is 0.591. The summed E-state index contributed by atoms with van der Waals surface area (Å²) in [5.41, 5.74) is -3.76. The summed E-state index contributed by atoms with van der Waals surface area (Å²) in [6.45, 7) is -0.412. The van der Waals surface area contributed by atoms with Gasteiger partial charge in [-0.05, 0) is 56.1 Å². The van der Waals surface area contributed by atoms with E-state index >= 15 is 4.39 Å². The van der Waals surface area contributed by atoms with Crippen molar-refractivity contribution in [2.75, 3.05) is 11.6 Å². The van der Waals surface area contributed by atoms with Gasteiger partial charge in [0, 0.05) is 24.1 Å². The van der Waals surface area contributed by atoms with E-state index in [0.29, 0.717) is 12.8 Å². The zero-order valence-corrected chi connectivity index (χ0v) is 19.4. The zero-order chi connectivity index (χ0) is 24.5. The van der Waals surface area contributed by atoms with Crippen molar-refractivity contribution in [3.8, 4) is 0 Å². The van der Waals surface area contributed by atoms with Gasteiger partial charge in [0.15, 0.2) is 0 Å². The van der Waals surface area contributed by atoms with Crippen LogP contribution in [0.1, 0.15) is 72.6 Å². The Balaban J connectivity index is 1.51. The quantitative estimate of drug-likeness (QED) is 0.538. The van der Waals surface area contributed by atoms with Crippen molar-refractivity contribution in [1.29, 1.82) is 4.78 Å². The molecule has 3 fully saturated rings. The van der Waals surface area contributed by atoms with E-state index < -0.39 is 51.2 Å². The average molecular weight is 500 g/mol. The molecule has 2 N–H and O–H groups in total. The first-order valence-electron chi connectivity index (χ1n) is 11.2. The van der Waals surface area contributed by atoms with E-state index in [1.54, 1.807) is 0 Å². The Morgan fingerprint density at radius 1 is 1.32 bits per heavy atom. The summed E-state index contributed by atoms with van der Waals surface area (Å²) in [5, 5.41) is 6.40. The van der Waals surface area contributed by atoms with Crippen molar-refractivity contribution in [2.45, 2.75) is 74.3 Å². The Kier molecular flexibility index (Phi) is 5.13. The fourth-order valence-electron chi connectivity index (χ4n) is 5.34. The Bertz CT molecular complexity index is 1250. The number of aromatic nitrogens is 3. The number of hydrogen-bond acceptors (Lipinski definition) is 5. The Morgan fingerprint density at radius 2 is 2.00 bits per heavy atom. The normalized spacial score (nSPS) is 22.5. The van der Waals surface area contributed by atoms with Crippen LogP contribution in [-0.2, 0) is 22.5 Å². The van der Waals surface area contributed by atoms with E-state index in [2.05, 4.69) is 15.4 Å². The second-order valence-corrected chi connectivity index (χ2v) is 12.2. The molecular weight excluding hydrogens is 474 g/mol. The number of rotatable bonds is 6. The molecule has 1 atom stereocenters. The molecule has 1 amide bonds. The molecule has 0 radical (unpaired) electrons. The van der Waals surface area contributed by atoms with Gasteiger partial charge >= 0.3 is 6.18 Å². The first kappa shape index (κ1) is 23.3. The highest BCUT2D eigenvalue weighted by atomic mass is 32.2. The van der Waals surface area contributed by atoms with Gasteiger partial charge < -0.3 is 5.32 Å². The predicted molar refractivity (Wildman–Crippen MR) is 116 cm³/mol. The second kappa shape index (κ2) is 7.50. The van der Waals surface area contributed by atoms with Gasteiger partial charge in [0.2, 0.25) is 0 Å². The number of hydrogen-bond donors (Lipinski definition) is 2. The Labute approximate surface area is 194 Å². The number of nitrogens with zero attached hydrogens (tertiary/aromatic N) is 3. The number of anilines is 1. The fourth-order valence-corrected chi connectivity index (χ4v) is 5.95. The molecule has 0 aliphatic heterocycles. The molecule has 3 saturated carbocycles. The number of alkyl halides is 4. The molecule has 0 saturated heterocycles. The molecule has 3 aliphatic carbocycles. The average Bonchev–Trinajstić information content (AvgIpc) is 3.44. The number of halogens is 4. The number of amides is 1. The lowest BCUT2D eigenvalue weighted by Gasteiger charge is -2.57. The van der Waals surface area contributed by atoms with Crippen molar-refractivity contribution in [2.24, 2.45) is 5.41 Å². The highest BCUT2D eigenvalue weighted by molar-refractivity contribution is 7.91. The smallest absolute Gasteiger partial charge is 0.320 e. The van der Waals surface area contributed by atoms with E-state index in [1.807, 2.05) is 0 Å². The molecule has 2 aromatic heterocycles. The summed E-state index contributed by atoms with van der Waals surface area (Å²) >= 11 is 0. The summed E-state index contributed by atoms with van der Waals surface area (Å²) in [5.74, 6) is -1.49. The van der Waals surface area contributed by atoms with Crippen LogP contribution in [-0.4, -0.2) is 36.8 Å². The molecule has 1 spiro atoms. The summed E-state index contributed by atoms with van der Waals surface area (Å²) in [6, 6.07) is 2.51. The third-order valence-corrected chi connectivity index (χ3v) is 8.09. The first-order chi connectivity index (χ1) is 15.8. The van der Waals surface area contributed by atoms with Gasteiger partial charge in [0.1, 0.15) is 22.0 Å². The van der Waals surface area contributed by atoms with Crippen LogP contribution in [0.25, 0.3) is 0 Å². The lowest BCUT2D eigenvalue weighted by Crippen LogP contribution is -2.54. The SMILES string of the molecule is C[S@](=N)(=O)c1cc(NC(=O)c2c(C(F)(F)F)c(C3CC3)nn2CC2(F)CC3(CCC3)C2)ccn1. The predicted octanol–water partition coefficient (Wildman–Crippen LogP) is 5.13. The van der Waals surface area contributed by atoms with Crippen LogP contribution < -0.4 is 5.32 Å². The maximum absolute atomic E-state index is 15.5. The highest BCUT2D eigenvalue weighted by Crippen LogP contribution is 2.62. The lowest BCUT2D eigenvalue weighted by atomic mass is 9.50. The molecule has 184 valence electrons. The lowest BCUT2D eigenvalue weighted by molar-refractivity contribution is -0.139. The van der Waals surface area contributed by atoms with Crippen molar-refractivity contribution in [1.82, 2.24) is 14.8 Å². The van der Waals surface area contributed by atoms with Crippen LogP contribution in [0.5, 0.6) is 0 Å². The van der Waals surface area contributed by atoms with E-state index in [9.17, 15) is 22.2 Å². The monoisotopic (exact) mass is 499 g/mol. The summed E-state index contributed by atoms with van der Waals surface area (Å²) in [6.07, 6.45) is 2.00. The van der Waals surface area contributed by atoms with Crippen LogP contribution in [0.4, 0.5) is 23.2 Å². The summed E-state index contributed by atoms with van der Waals surface area (Å²) in [4.78, 5) is 17.0. The molecule has 0 unspecified atom stereocenters. The Morgan fingerprint density at radius 3 is 2.53 bits per heavy atom. The van der Waals surface area contributed by atoms with Crippen molar-refractivity contribution in [3.05, 3.63) is 35.3 Å². The zero-order valence-electron chi connectivity index (χ0n) is 18.5. The maximum atomic E-state index is 15.5. The van der Waals surface area contributed by atoms with Gasteiger partial charge in [0.05, 0.1) is 22.0 Å². The number of carbonyl (C=O) groups excluding carboxylic acids is 1. The minimum Gasteiger partial charge on any atom is -0.320 e. The first-order valence-corrected chi connectivity index (χ1v) is 13.1. The highest BCUT2D eigenvalue weighted by Gasteiger charge is 2.58. The molecule has 5 rings (SSSR count). The van der Waals surface area contributed by atoms with Gasteiger partial charge in [-0.3, -0.25) is 9.48 Å². The van der Waals surface area contributed by atoms with Crippen LogP contribution >= 0.6 is 0 Å². The molecule has 2 heterocycles. The van der Waals surface area contributed by atoms with Gasteiger partial charge in [-0.2, -0.15) is 18.3 Å². The molecule has 0 aromatic carbocycles. The van der Waals surface area contributed by atoms with Gasteiger partial charge in [-0.25, -0.2) is 18.4 Å². The van der Waals surface area contributed by atoms with Gasteiger partial charge in [-0.15, -0.1) is 0 Å². The third-order valence-electron chi connectivity index (χ3n) is 7.06. The molecule has 34 heavy (non-hydrogen) atoms. The van der Waals surface area contributed by atoms with E-state index in [1.165, 1.54) is 18.3 Å².